The van der Waals surface area contributed by atoms with Crippen molar-refractivity contribution < 1.29 is 19.1 Å². The van der Waals surface area contributed by atoms with Crippen LogP contribution in [0.1, 0.15) is 32.1 Å². The highest BCUT2D eigenvalue weighted by Crippen LogP contribution is 2.37. The maximum Gasteiger partial charge on any atom is 0.231 e. The summed E-state index contributed by atoms with van der Waals surface area (Å²) in [6, 6.07) is 5.45. The Morgan fingerprint density at radius 2 is 2.04 bits per heavy atom. The van der Waals surface area contributed by atoms with E-state index in [9.17, 15) is 9.59 Å². The number of nitrogens with one attached hydrogen (secondary N) is 1. The van der Waals surface area contributed by atoms with Crippen LogP contribution in [0.25, 0.3) is 0 Å². The van der Waals surface area contributed by atoms with E-state index in [4.69, 9.17) is 9.47 Å². The lowest BCUT2D eigenvalue weighted by atomic mass is 10.1. The average molecular weight is 376 g/mol. The summed E-state index contributed by atoms with van der Waals surface area (Å²) in [6.07, 6.45) is 5.55. The molecule has 140 valence electrons. The van der Waals surface area contributed by atoms with Gasteiger partial charge >= 0.3 is 0 Å². The highest BCUT2D eigenvalue weighted by Gasteiger charge is 2.35. The third-order valence-electron chi connectivity index (χ3n) is 5.22. The number of rotatable bonds is 6. The highest BCUT2D eigenvalue weighted by molar-refractivity contribution is 7.99. The van der Waals surface area contributed by atoms with Crippen LogP contribution in [0, 0.1) is 5.92 Å². The van der Waals surface area contributed by atoms with E-state index in [0.29, 0.717) is 24.6 Å². The quantitative estimate of drug-likeness (QED) is 0.773. The van der Waals surface area contributed by atoms with Crippen molar-refractivity contribution in [2.24, 2.45) is 5.92 Å². The molecule has 26 heavy (non-hydrogen) atoms. The molecule has 1 aromatic rings. The van der Waals surface area contributed by atoms with Crippen molar-refractivity contribution in [1.82, 2.24) is 5.32 Å². The molecule has 2 heterocycles. The van der Waals surface area contributed by atoms with E-state index in [2.05, 4.69) is 5.32 Å². The molecule has 3 aliphatic rings. The summed E-state index contributed by atoms with van der Waals surface area (Å²) < 4.78 is 10.7. The van der Waals surface area contributed by atoms with Gasteiger partial charge in [0.05, 0.1) is 5.92 Å². The van der Waals surface area contributed by atoms with Gasteiger partial charge in [0.15, 0.2) is 11.5 Å². The van der Waals surface area contributed by atoms with E-state index in [1.165, 1.54) is 25.7 Å². The smallest absolute Gasteiger partial charge is 0.231 e. The lowest BCUT2D eigenvalue weighted by molar-refractivity contribution is -0.126. The minimum atomic E-state index is -0.288. The molecule has 0 unspecified atom stereocenters. The summed E-state index contributed by atoms with van der Waals surface area (Å²) in [5, 5.41) is 3.76. The molecule has 1 aliphatic carbocycles. The van der Waals surface area contributed by atoms with Crippen LogP contribution in [0.4, 0.5) is 5.69 Å². The van der Waals surface area contributed by atoms with E-state index >= 15 is 0 Å². The van der Waals surface area contributed by atoms with E-state index in [-0.39, 0.29) is 30.9 Å². The van der Waals surface area contributed by atoms with Crippen molar-refractivity contribution >= 4 is 29.3 Å². The van der Waals surface area contributed by atoms with Gasteiger partial charge in [-0.15, -0.1) is 0 Å². The fourth-order valence-corrected chi connectivity index (χ4v) is 5.00. The zero-order valence-electron chi connectivity index (χ0n) is 14.7. The number of carbonyl (C=O) groups excluding carboxylic acids is 2. The molecule has 1 saturated heterocycles. The van der Waals surface area contributed by atoms with Crippen LogP contribution < -0.4 is 19.7 Å². The van der Waals surface area contributed by atoms with Gasteiger partial charge < -0.3 is 19.7 Å². The van der Waals surface area contributed by atoms with E-state index in [1.54, 1.807) is 17.0 Å². The maximum absolute atomic E-state index is 12.4. The molecule has 1 saturated carbocycles. The number of amides is 2. The van der Waals surface area contributed by atoms with Gasteiger partial charge in [-0.05, 0) is 25.0 Å². The van der Waals surface area contributed by atoms with Crippen LogP contribution in [0.3, 0.4) is 0 Å². The van der Waals surface area contributed by atoms with Gasteiger partial charge in [0.25, 0.3) is 0 Å². The van der Waals surface area contributed by atoms with Gasteiger partial charge in [-0.2, -0.15) is 11.8 Å². The average Bonchev–Trinajstić information content (AvgIpc) is 3.38. The van der Waals surface area contributed by atoms with Gasteiger partial charge in [-0.1, -0.05) is 12.8 Å². The normalized spacial score (nSPS) is 22.2. The van der Waals surface area contributed by atoms with E-state index < -0.39 is 0 Å². The molecule has 2 amide bonds. The molecule has 7 heteroatoms. The fraction of sp³-hybridized carbons (Fsp3) is 0.579. The first kappa shape index (κ1) is 17.5. The number of benzene rings is 1. The number of fused-ring (bicyclic) bond motifs is 1. The molecule has 0 aromatic heterocycles. The number of carbonyl (C=O) groups is 2. The summed E-state index contributed by atoms with van der Waals surface area (Å²) in [7, 11) is 0. The summed E-state index contributed by atoms with van der Waals surface area (Å²) >= 11 is 1.96. The minimum absolute atomic E-state index is 0.0198. The first-order valence-corrected chi connectivity index (χ1v) is 10.3. The summed E-state index contributed by atoms with van der Waals surface area (Å²) in [5.41, 5.74) is 0.756. The largest absolute Gasteiger partial charge is 0.454 e. The van der Waals surface area contributed by atoms with Crippen LogP contribution in [-0.4, -0.2) is 42.7 Å². The Morgan fingerprint density at radius 1 is 1.23 bits per heavy atom. The minimum Gasteiger partial charge on any atom is -0.454 e. The van der Waals surface area contributed by atoms with Gasteiger partial charge in [-0.25, -0.2) is 0 Å². The molecule has 0 spiro atoms. The molecule has 2 aliphatic heterocycles. The zero-order chi connectivity index (χ0) is 17.9. The lowest BCUT2D eigenvalue weighted by Crippen LogP contribution is -2.34. The summed E-state index contributed by atoms with van der Waals surface area (Å²) in [5.74, 6) is 1.95. The van der Waals surface area contributed by atoms with Crippen molar-refractivity contribution in [3.05, 3.63) is 18.2 Å². The number of nitrogens with zero attached hydrogens (tertiary/aromatic N) is 1. The van der Waals surface area contributed by atoms with Crippen LogP contribution in [0.2, 0.25) is 0 Å². The Balaban J connectivity index is 1.27. The first-order chi connectivity index (χ1) is 12.7. The van der Waals surface area contributed by atoms with Crippen LogP contribution >= 0.6 is 11.8 Å². The zero-order valence-corrected chi connectivity index (χ0v) is 15.6. The Hall–Kier alpha value is -1.89. The molecule has 1 N–H and O–H groups in total. The van der Waals surface area contributed by atoms with Crippen molar-refractivity contribution in [1.29, 1.82) is 0 Å². The van der Waals surface area contributed by atoms with Gasteiger partial charge in [0.2, 0.25) is 18.6 Å². The highest BCUT2D eigenvalue weighted by atomic mass is 32.2. The fourth-order valence-electron chi connectivity index (χ4n) is 3.79. The SMILES string of the molecule is O=C(NCCSC1CCCC1)[C@H]1CC(=O)N(c2ccc3c(c2)OCO3)C1. The molecular formula is C19H24N2O4S. The predicted molar refractivity (Wildman–Crippen MR) is 101 cm³/mol. The van der Waals surface area contributed by atoms with Crippen LogP contribution in [-0.2, 0) is 9.59 Å². The van der Waals surface area contributed by atoms with Gasteiger partial charge in [-0.3, -0.25) is 9.59 Å². The van der Waals surface area contributed by atoms with Gasteiger partial charge in [0, 0.05) is 42.3 Å². The third kappa shape index (κ3) is 3.77. The van der Waals surface area contributed by atoms with Crippen molar-refractivity contribution in [2.45, 2.75) is 37.4 Å². The van der Waals surface area contributed by atoms with E-state index in [1.807, 2.05) is 17.8 Å². The molecule has 1 aromatic carbocycles. The van der Waals surface area contributed by atoms with E-state index in [0.717, 1.165) is 16.7 Å². The maximum atomic E-state index is 12.4. The second-order valence-electron chi connectivity index (χ2n) is 7.01. The second-order valence-corrected chi connectivity index (χ2v) is 8.42. The van der Waals surface area contributed by atoms with Crippen molar-refractivity contribution in [3.8, 4) is 11.5 Å². The molecule has 0 radical (unpaired) electrons. The molecule has 2 fully saturated rings. The molecule has 6 nitrogen and oxygen atoms in total. The third-order valence-corrected chi connectivity index (χ3v) is 6.60. The summed E-state index contributed by atoms with van der Waals surface area (Å²) in [6.45, 7) is 1.30. The van der Waals surface area contributed by atoms with Crippen molar-refractivity contribution in [3.63, 3.8) is 0 Å². The second kappa shape index (κ2) is 7.78. The van der Waals surface area contributed by atoms with Gasteiger partial charge in [0.1, 0.15) is 0 Å². The number of anilines is 1. The Bertz CT molecular complexity index is 690. The van der Waals surface area contributed by atoms with Crippen LogP contribution in [0.15, 0.2) is 18.2 Å². The number of ether oxygens (including phenoxy) is 2. The monoisotopic (exact) mass is 376 g/mol. The standard InChI is InChI=1S/C19H24N2O4S/c22-18-9-13(19(23)20-7-8-26-15-3-1-2-4-15)11-21(18)14-5-6-16-17(10-14)25-12-24-16/h5-6,10,13,15H,1-4,7-9,11-12H2,(H,20,23)/t13-/m0/s1. The number of hydrogen-bond acceptors (Lipinski definition) is 5. The topological polar surface area (TPSA) is 67.9 Å². The summed E-state index contributed by atoms with van der Waals surface area (Å²) in [4.78, 5) is 26.4. The van der Waals surface area contributed by atoms with Crippen LogP contribution in [0.5, 0.6) is 11.5 Å². The van der Waals surface area contributed by atoms with Crippen molar-refractivity contribution in [2.75, 3.05) is 30.5 Å². The Kier molecular flexibility index (Phi) is 5.24. The first-order valence-electron chi connectivity index (χ1n) is 9.30. The Labute approximate surface area is 157 Å². The number of thioether (sulfide) groups is 1. The molecule has 0 bridgehead atoms. The molecule has 1 atom stereocenters. The Morgan fingerprint density at radius 3 is 2.88 bits per heavy atom. The molecule has 4 rings (SSSR count). The lowest BCUT2D eigenvalue weighted by Gasteiger charge is -2.17. The predicted octanol–water partition coefficient (Wildman–Crippen LogP) is 2.56. The number of hydrogen-bond donors (Lipinski definition) is 1. The molecular weight excluding hydrogens is 352 g/mol.